The Hall–Kier alpha value is -1.60. The summed E-state index contributed by atoms with van der Waals surface area (Å²) in [4.78, 5) is 29.4. The first-order chi connectivity index (χ1) is 10.4. The predicted octanol–water partition coefficient (Wildman–Crippen LogP) is 1.39. The Morgan fingerprint density at radius 2 is 2.09 bits per heavy atom. The predicted molar refractivity (Wildman–Crippen MR) is 84.3 cm³/mol. The van der Waals surface area contributed by atoms with Gasteiger partial charge in [-0.1, -0.05) is 18.5 Å². The van der Waals surface area contributed by atoms with Crippen molar-refractivity contribution in [3.8, 4) is 0 Å². The van der Waals surface area contributed by atoms with E-state index in [1.165, 1.54) is 0 Å². The van der Waals surface area contributed by atoms with Gasteiger partial charge in [-0.05, 0) is 25.7 Å². The van der Waals surface area contributed by atoms with Gasteiger partial charge in [-0.3, -0.25) is 19.1 Å². The average Bonchev–Trinajstić information content (AvgIpc) is 2.47. The molecule has 2 N–H and O–H groups in total. The fourth-order valence-electron chi connectivity index (χ4n) is 2.47. The van der Waals surface area contributed by atoms with Crippen LogP contribution in [0.4, 0.5) is 5.82 Å². The largest absolute Gasteiger partial charge is 0.480 e. The second kappa shape index (κ2) is 7.11. The van der Waals surface area contributed by atoms with Crippen molar-refractivity contribution < 1.29 is 9.90 Å². The molecule has 22 heavy (non-hydrogen) atoms. The Labute approximate surface area is 133 Å². The first kappa shape index (κ1) is 16.8. The van der Waals surface area contributed by atoms with Gasteiger partial charge in [0.2, 0.25) is 0 Å². The quantitative estimate of drug-likeness (QED) is 0.849. The molecule has 1 fully saturated rings. The van der Waals surface area contributed by atoms with Crippen molar-refractivity contribution in [3.63, 3.8) is 0 Å². The van der Waals surface area contributed by atoms with Crippen LogP contribution in [0.1, 0.15) is 25.5 Å². The minimum Gasteiger partial charge on any atom is -0.480 e. The monoisotopic (exact) mass is 328 g/mol. The maximum absolute atomic E-state index is 12.3. The summed E-state index contributed by atoms with van der Waals surface area (Å²) in [6, 6.07) is 0. The number of piperidine rings is 1. The van der Waals surface area contributed by atoms with E-state index in [1.807, 2.05) is 0 Å². The van der Waals surface area contributed by atoms with E-state index in [-0.39, 0.29) is 11.0 Å². The maximum Gasteiger partial charge on any atom is 0.323 e. The van der Waals surface area contributed by atoms with Crippen molar-refractivity contribution in [2.24, 2.45) is 5.92 Å². The molecule has 0 unspecified atom stereocenters. The number of carbonyl (C=O) groups is 1. The Bertz CT molecular complexity index is 609. The minimum atomic E-state index is -1.09. The van der Waals surface area contributed by atoms with Crippen molar-refractivity contribution in [1.29, 1.82) is 0 Å². The second-order valence-corrected chi connectivity index (χ2v) is 6.12. The molecular formula is C14H21ClN4O3. The number of aromatic nitrogens is 2. The first-order valence-electron chi connectivity index (χ1n) is 7.33. The SMILES string of the molecule is Cc1c(Cl)nc(NCN2CCC(C)CC2)c(=O)n1CC(=O)O. The van der Waals surface area contributed by atoms with E-state index in [0.717, 1.165) is 36.4 Å². The highest BCUT2D eigenvalue weighted by atomic mass is 35.5. The zero-order valence-corrected chi connectivity index (χ0v) is 13.6. The molecule has 7 nitrogen and oxygen atoms in total. The standard InChI is InChI=1S/C14H21ClN4O3/c1-9-3-5-18(6-4-9)8-16-13-14(22)19(7-11(20)21)10(2)12(15)17-13/h9H,3-8H2,1-2H3,(H,16,17)(H,20,21). The molecular weight excluding hydrogens is 308 g/mol. The topological polar surface area (TPSA) is 87.5 Å². The molecule has 0 bridgehead atoms. The van der Waals surface area contributed by atoms with Crippen LogP contribution in [0.3, 0.4) is 0 Å². The Morgan fingerprint density at radius 1 is 1.45 bits per heavy atom. The van der Waals surface area contributed by atoms with Crippen LogP contribution >= 0.6 is 11.6 Å². The molecule has 1 aliphatic heterocycles. The van der Waals surface area contributed by atoms with Gasteiger partial charge in [0, 0.05) is 13.1 Å². The Kier molecular flexibility index (Phi) is 5.42. The number of hydrogen-bond donors (Lipinski definition) is 2. The van der Waals surface area contributed by atoms with Crippen molar-refractivity contribution >= 4 is 23.4 Å². The van der Waals surface area contributed by atoms with Crippen LogP contribution in [-0.4, -0.2) is 45.3 Å². The Balaban J connectivity index is 2.12. The van der Waals surface area contributed by atoms with Gasteiger partial charge < -0.3 is 10.4 Å². The molecule has 0 aromatic carbocycles. The summed E-state index contributed by atoms with van der Waals surface area (Å²) >= 11 is 6.00. The molecule has 1 aliphatic rings. The van der Waals surface area contributed by atoms with Gasteiger partial charge >= 0.3 is 5.97 Å². The van der Waals surface area contributed by atoms with E-state index in [1.54, 1.807) is 6.92 Å². The van der Waals surface area contributed by atoms with E-state index in [0.29, 0.717) is 12.4 Å². The minimum absolute atomic E-state index is 0.0930. The molecule has 2 rings (SSSR count). The third-order valence-corrected chi connectivity index (χ3v) is 4.36. The molecule has 2 heterocycles. The van der Waals surface area contributed by atoms with Crippen molar-refractivity contribution in [2.75, 3.05) is 25.1 Å². The highest BCUT2D eigenvalue weighted by molar-refractivity contribution is 6.30. The number of anilines is 1. The lowest BCUT2D eigenvalue weighted by molar-refractivity contribution is -0.137. The van der Waals surface area contributed by atoms with E-state index < -0.39 is 18.1 Å². The summed E-state index contributed by atoms with van der Waals surface area (Å²) in [5.74, 6) is -0.269. The molecule has 0 spiro atoms. The molecule has 0 amide bonds. The van der Waals surface area contributed by atoms with Crippen LogP contribution in [0.25, 0.3) is 0 Å². The number of carboxylic acid groups (broad SMARTS) is 1. The number of rotatable bonds is 5. The number of hydrogen-bond acceptors (Lipinski definition) is 5. The second-order valence-electron chi connectivity index (χ2n) is 5.76. The molecule has 1 aromatic heterocycles. The third kappa shape index (κ3) is 3.98. The number of aliphatic carboxylic acids is 1. The number of nitrogens with one attached hydrogen (secondary N) is 1. The van der Waals surface area contributed by atoms with Crippen LogP contribution in [0.5, 0.6) is 0 Å². The number of carboxylic acids is 1. The van der Waals surface area contributed by atoms with Crippen LogP contribution < -0.4 is 10.9 Å². The lowest BCUT2D eigenvalue weighted by Gasteiger charge is -2.30. The molecule has 122 valence electrons. The summed E-state index contributed by atoms with van der Waals surface area (Å²) < 4.78 is 1.12. The third-order valence-electron chi connectivity index (χ3n) is 4.00. The summed E-state index contributed by atoms with van der Waals surface area (Å²) in [6.45, 7) is 5.82. The summed E-state index contributed by atoms with van der Waals surface area (Å²) in [7, 11) is 0. The van der Waals surface area contributed by atoms with Gasteiger partial charge in [0.25, 0.3) is 5.56 Å². The van der Waals surface area contributed by atoms with E-state index in [4.69, 9.17) is 16.7 Å². The molecule has 0 atom stereocenters. The highest BCUT2D eigenvalue weighted by Crippen LogP contribution is 2.16. The number of likely N-dealkylation sites (tertiary alicyclic amines) is 1. The fraction of sp³-hybridized carbons (Fsp3) is 0.643. The summed E-state index contributed by atoms with van der Waals surface area (Å²) in [5.41, 5.74) is -0.110. The van der Waals surface area contributed by atoms with Crippen LogP contribution in [0.15, 0.2) is 4.79 Å². The van der Waals surface area contributed by atoms with Gasteiger partial charge in [-0.25, -0.2) is 4.98 Å². The van der Waals surface area contributed by atoms with Crippen LogP contribution in [-0.2, 0) is 11.3 Å². The van der Waals surface area contributed by atoms with Crippen LogP contribution in [0.2, 0.25) is 5.15 Å². The normalized spacial score (nSPS) is 16.7. The van der Waals surface area contributed by atoms with Crippen molar-refractivity contribution in [2.45, 2.75) is 33.2 Å². The zero-order chi connectivity index (χ0) is 16.3. The number of halogens is 1. The summed E-state index contributed by atoms with van der Waals surface area (Å²) in [6.07, 6.45) is 2.26. The van der Waals surface area contributed by atoms with Gasteiger partial charge in [0.05, 0.1) is 12.4 Å². The van der Waals surface area contributed by atoms with Crippen LogP contribution in [0, 0.1) is 12.8 Å². The summed E-state index contributed by atoms with van der Waals surface area (Å²) in [5, 5.41) is 12.0. The zero-order valence-electron chi connectivity index (χ0n) is 12.8. The van der Waals surface area contributed by atoms with Gasteiger partial charge in [0.1, 0.15) is 6.54 Å². The highest BCUT2D eigenvalue weighted by Gasteiger charge is 2.18. The van der Waals surface area contributed by atoms with Crippen molar-refractivity contribution in [3.05, 3.63) is 21.2 Å². The molecule has 0 aliphatic carbocycles. The molecule has 0 radical (unpaired) electrons. The molecule has 1 saturated heterocycles. The van der Waals surface area contributed by atoms with Crippen molar-refractivity contribution in [1.82, 2.24) is 14.5 Å². The lowest BCUT2D eigenvalue weighted by atomic mass is 10.00. The van der Waals surface area contributed by atoms with Gasteiger partial charge in [-0.15, -0.1) is 0 Å². The van der Waals surface area contributed by atoms with E-state index >= 15 is 0 Å². The number of nitrogens with zero attached hydrogens (tertiary/aromatic N) is 3. The van der Waals surface area contributed by atoms with Gasteiger partial charge in [0.15, 0.2) is 11.0 Å². The van der Waals surface area contributed by atoms with E-state index in [2.05, 4.69) is 22.1 Å². The smallest absolute Gasteiger partial charge is 0.323 e. The van der Waals surface area contributed by atoms with E-state index in [9.17, 15) is 9.59 Å². The molecule has 0 saturated carbocycles. The first-order valence-corrected chi connectivity index (χ1v) is 7.71. The maximum atomic E-state index is 12.3. The lowest BCUT2D eigenvalue weighted by Crippen LogP contribution is -2.38. The van der Waals surface area contributed by atoms with Gasteiger partial charge in [-0.2, -0.15) is 0 Å². The average molecular weight is 329 g/mol. The molecule has 1 aromatic rings. The fourth-order valence-corrected chi connectivity index (χ4v) is 2.65. The molecule has 8 heteroatoms. The Morgan fingerprint density at radius 3 is 2.68 bits per heavy atom.